The van der Waals surface area contributed by atoms with Crippen molar-refractivity contribution in [1.82, 2.24) is 15.1 Å². The van der Waals surface area contributed by atoms with Crippen LogP contribution in [-0.2, 0) is 30.3 Å². The average Bonchev–Trinajstić information content (AvgIpc) is 2.65. The van der Waals surface area contributed by atoms with E-state index in [4.69, 9.17) is 0 Å². The molecule has 0 amide bonds. The lowest BCUT2D eigenvalue weighted by atomic mass is 10.3. The summed E-state index contributed by atoms with van der Waals surface area (Å²) in [6.45, 7) is 6.79. The Morgan fingerprint density at radius 2 is 2.17 bits per heavy atom. The first-order valence-electron chi connectivity index (χ1n) is 6.34. The van der Waals surface area contributed by atoms with Crippen molar-refractivity contribution >= 4 is 26.7 Å². The van der Waals surface area contributed by atoms with Gasteiger partial charge in [-0.15, -0.1) is 0 Å². The van der Waals surface area contributed by atoms with Crippen molar-refractivity contribution in [2.45, 2.75) is 39.8 Å². The molecule has 0 spiro atoms. The summed E-state index contributed by atoms with van der Waals surface area (Å²) in [5.41, 5.74) is 2.32. The summed E-state index contributed by atoms with van der Waals surface area (Å²) in [6.07, 6.45) is 3.63. The Balaban J connectivity index is 2.50. The smallest absolute Gasteiger partial charge is 0.0767 e. The van der Waals surface area contributed by atoms with Gasteiger partial charge < -0.3 is 5.32 Å². The van der Waals surface area contributed by atoms with Gasteiger partial charge in [0, 0.05) is 35.9 Å². The molecule has 0 saturated carbocycles. The Bertz CT molecular complexity index is 406. The molecule has 0 aromatic carbocycles. The molecule has 1 aromatic rings. The fourth-order valence-corrected chi connectivity index (χ4v) is 3.05. The highest BCUT2D eigenvalue weighted by Gasteiger charge is 2.12. The van der Waals surface area contributed by atoms with Gasteiger partial charge in [-0.05, 0) is 42.2 Å². The molecule has 0 radical (unpaired) electrons. The standard InChI is InChI=1S/C12H22BrN3OS/c1-4-10-12(13)11(16(5-2)15-10)9-14-7-6-8-18(3)17/h14H,4-9H2,1-3H3. The molecule has 1 N–H and O–H groups in total. The van der Waals surface area contributed by atoms with Crippen LogP contribution < -0.4 is 5.32 Å². The lowest BCUT2D eigenvalue weighted by molar-refractivity contribution is 0.575. The van der Waals surface area contributed by atoms with E-state index in [9.17, 15) is 4.21 Å². The van der Waals surface area contributed by atoms with Crippen LogP contribution in [0.4, 0.5) is 0 Å². The molecule has 0 aliphatic carbocycles. The fraction of sp³-hybridized carbons (Fsp3) is 0.750. The summed E-state index contributed by atoms with van der Waals surface area (Å²) < 4.78 is 14.1. The van der Waals surface area contributed by atoms with E-state index in [2.05, 4.69) is 40.2 Å². The van der Waals surface area contributed by atoms with Crippen LogP contribution in [0.5, 0.6) is 0 Å². The maximum absolute atomic E-state index is 10.9. The van der Waals surface area contributed by atoms with Gasteiger partial charge in [0.25, 0.3) is 0 Å². The summed E-state index contributed by atoms with van der Waals surface area (Å²) in [5.74, 6) is 0.765. The van der Waals surface area contributed by atoms with Gasteiger partial charge in [0.15, 0.2) is 0 Å². The highest BCUT2D eigenvalue weighted by atomic mass is 79.9. The highest BCUT2D eigenvalue weighted by Crippen LogP contribution is 2.22. The zero-order chi connectivity index (χ0) is 13.5. The molecular formula is C12H22BrN3OS. The largest absolute Gasteiger partial charge is 0.311 e. The number of hydrogen-bond donors (Lipinski definition) is 1. The van der Waals surface area contributed by atoms with Gasteiger partial charge in [0.05, 0.1) is 15.9 Å². The van der Waals surface area contributed by atoms with Crippen molar-refractivity contribution in [3.05, 3.63) is 15.9 Å². The summed E-state index contributed by atoms with van der Waals surface area (Å²) in [6, 6.07) is 0. The number of aryl methyl sites for hydroxylation is 2. The van der Waals surface area contributed by atoms with Gasteiger partial charge in [-0.1, -0.05) is 6.92 Å². The van der Waals surface area contributed by atoms with Crippen LogP contribution >= 0.6 is 15.9 Å². The van der Waals surface area contributed by atoms with Gasteiger partial charge in [-0.3, -0.25) is 8.89 Å². The molecule has 1 unspecified atom stereocenters. The van der Waals surface area contributed by atoms with Crippen molar-refractivity contribution in [3.8, 4) is 0 Å². The third kappa shape index (κ3) is 4.48. The molecule has 0 saturated heterocycles. The number of nitrogens with one attached hydrogen (secondary N) is 1. The topological polar surface area (TPSA) is 46.9 Å². The number of rotatable bonds is 8. The molecular weight excluding hydrogens is 314 g/mol. The quantitative estimate of drug-likeness (QED) is 0.740. The highest BCUT2D eigenvalue weighted by molar-refractivity contribution is 9.10. The van der Waals surface area contributed by atoms with E-state index in [0.717, 1.165) is 48.4 Å². The maximum atomic E-state index is 10.9. The molecule has 0 fully saturated rings. The Hall–Kier alpha value is -0.200. The normalized spacial score (nSPS) is 12.9. The van der Waals surface area contributed by atoms with E-state index in [-0.39, 0.29) is 0 Å². The van der Waals surface area contributed by atoms with Crippen LogP contribution in [0.15, 0.2) is 4.47 Å². The Morgan fingerprint density at radius 1 is 1.44 bits per heavy atom. The predicted molar refractivity (Wildman–Crippen MR) is 80.2 cm³/mol. The second-order valence-corrected chi connectivity index (χ2v) is 6.53. The van der Waals surface area contributed by atoms with Crippen LogP contribution in [0.2, 0.25) is 0 Å². The van der Waals surface area contributed by atoms with E-state index < -0.39 is 10.8 Å². The molecule has 4 nitrogen and oxygen atoms in total. The van der Waals surface area contributed by atoms with Crippen molar-refractivity contribution in [3.63, 3.8) is 0 Å². The number of hydrogen-bond acceptors (Lipinski definition) is 3. The molecule has 104 valence electrons. The van der Waals surface area contributed by atoms with Crippen molar-refractivity contribution < 1.29 is 4.21 Å². The minimum absolute atomic E-state index is 0.688. The summed E-state index contributed by atoms with van der Waals surface area (Å²) >= 11 is 3.62. The van der Waals surface area contributed by atoms with Crippen molar-refractivity contribution in [2.24, 2.45) is 0 Å². The molecule has 0 aliphatic rings. The van der Waals surface area contributed by atoms with Crippen LogP contribution in [0.1, 0.15) is 31.7 Å². The second kappa shape index (κ2) is 8.07. The zero-order valence-electron chi connectivity index (χ0n) is 11.3. The first kappa shape index (κ1) is 15.9. The van der Waals surface area contributed by atoms with E-state index in [1.807, 2.05) is 4.68 Å². The number of halogens is 1. The molecule has 1 rings (SSSR count). The van der Waals surface area contributed by atoms with E-state index >= 15 is 0 Å². The SMILES string of the molecule is CCc1nn(CC)c(CNCCCS(C)=O)c1Br. The molecule has 1 aromatic heterocycles. The first-order valence-corrected chi connectivity index (χ1v) is 8.86. The maximum Gasteiger partial charge on any atom is 0.0767 e. The zero-order valence-corrected chi connectivity index (χ0v) is 13.7. The number of aromatic nitrogens is 2. The monoisotopic (exact) mass is 335 g/mol. The molecule has 1 heterocycles. The van der Waals surface area contributed by atoms with Gasteiger partial charge in [-0.2, -0.15) is 5.10 Å². The summed E-state index contributed by atoms with van der Waals surface area (Å²) in [4.78, 5) is 0. The molecule has 0 aliphatic heterocycles. The fourth-order valence-electron chi connectivity index (χ4n) is 1.79. The van der Waals surface area contributed by atoms with Crippen LogP contribution in [0, 0.1) is 0 Å². The average molecular weight is 336 g/mol. The molecule has 1 atom stereocenters. The Morgan fingerprint density at radius 3 is 2.72 bits per heavy atom. The second-order valence-electron chi connectivity index (χ2n) is 4.18. The molecule has 6 heteroatoms. The van der Waals surface area contributed by atoms with Crippen molar-refractivity contribution in [1.29, 1.82) is 0 Å². The van der Waals surface area contributed by atoms with Gasteiger partial charge in [0.1, 0.15) is 0 Å². The first-order chi connectivity index (χ1) is 8.60. The lowest BCUT2D eigenvalue weighted by Crippen LogP contribution is -2.19. The minimum atomic E-state index is -0.688. The van der Waals surface area contributed by atoms with Gasteiger partial charge in [-0.25, -0.2) is 0 Å². The third-order valence-electron chi connectivity index (χ3n) is 2.77. The minimum Gasteiger partial charge on any atom is -0.311 e. The van der Waals surface area contributed by atoms with E-state index in [1.165, 1.54) is 5.69 Å². The van der Waals surface area contributed by atoms with Crippen molar-refractivity contribution in [2.75, 3.05) is 18.6 Å². The van der Waals surface area contributed by atoms with E-state index in [1.54, 1.807) is 6.26 Å². The van der Waals surface area contributed by atoms with Crippen LogP contribution in [0.3, 0.4) is 0 Å². The van der Waals surface area contributed by atoms with E-state index in [0.29, 0.717) is 0 Å². The molecule has 0 bridgehead atoms. The summed E-state index contributed by atoms with van der Waals surface area (Å²) in [7, 11) is -0.688. The van der Waals surface area contributed by atoms with Crippen LogP contribution in [-0.4, -0.2) is 32.5 Å². The number of nitrogens with zero attached hydrogens (tertiary/aromatic N) is 2. The Kier molecular flexibility index (Phi) is 7.11. The van der Waals surface area contributed by atoms with Gasteiger partial charge in [0.2, 0.25) is 0 Å². The van der Waals surface area contributed by atoms with Crippen LogP contribution in [0.25, 0.3) is 0 Å². The third-order valence-corrected chi connectivity index (χ3v) is 4.55. The molecule has 18 heavy (non-hydrogen) atoms. The Labute approximate surface area is 120 Å². The lowest BCUT2D eigenvalue weighted by Gasteiger charge is -2.07. The summed E-state index contributed by atoms with van der Waals surface area (Å²) in [5, 5.41) is 7.94. The predicted octanol–water partition coefficient (Wildman–Crippen LogP) is 2.09. The van der Waals surface area contributed by atoms with Gasteiger partial charge >= 0.3 is 0 Å².